The Labute approximate surface area is 125 Å². The summed E-state index contributed by atoms with van der Waals surface area (Å²) in [4.78, 5) is 4.01. The summed E-state index contributed by atoms with van der Waals surface area (Å²) in [6, 6.07) is 11.5. The van der Waals surface area contributed by atoms with Crippen molar-refractivity contribution in [2.24, 2.45) is 0 Å². The lowest BCUT2D eigenvalue weighted by atomic mass is 10.0. The van der Waals surface area contributed by atoms with Crippen molar-refractivity contribution in [3.63, 3.8) is 0 Å². The van der Waals surface area contributed by atoms with E-state index >= 15 is 0 Å². The molecule has 0 fully saturated rings. The van der Waals surface area contributed by atoms with E-state index in [-0.39, 0.29) is 0 Å². The number of rotatable bonds is 2. The van der Waals surface area contributed by atoms with Crippen molar-refractivity contribution in [2.75, 3.05) is 0 Å². The highest BCUT2D eigenvalue weighted by Crippen LogP contribution is 2.31. The molecule has 0 saturated heterocycles. The van der Waals surface area contributed by atoms with Gasteiger partial charge in [-0.25, -0.2) is 0 Å². The predicted octanol–water partition coefficient (Wildman–Crippen LogP) is 4.78. The van der Waals surface area contributed by atoms with E-state index in [1.807, 2.05) is 31.2 Å². The second-order valence-electron chi connectivity index (χ2n) is 4.01. The molecule has 0 aliphatic carbocycles. The van der Waals surface area contributed by atoms with Crippen LogP contribution in [-0.4, -0.2) is 4.98 Å². The van der Waals surface area contributed by atoms with Crippen molar-refractivity contribution in [3.05, 3.63) is 63.9 Å². The van der Waals surface area contributed by atoms with Crippen LogP contribution in [0.5, 0.6) is 0 Å². The van der Waals surface area contributed by atoms with E-state index in [0.29, 0.717) is 16.2 Å². The van der Waals surface area contributed by atoms with E-state index in [1.165, 1.54) is 0 Å². The van der Waals surface area contributed by atoms with E-state index < -0.39 is 0 Å². The molecule has 0 N–H and O–H groups in total. The van der Waals surface area contributed by atoms with E-state index in [0.717, 1.165) is 15.6 Å². The van der Waals surface area contributed by atoms with Crippen LogP contribution >= 0.6 is 27.5 Å². The number of halogens is 2. The number of allylic oxidation sites excluding steroid dienone is 1. The van der Waals surface area contributed by atoms with Crippen LogP contribution in [0.2, 0.25) is 0 Å². The normalized spacial score (nSPS) is 11.7. The highest BCUT2D eigenvalue weighted by molar-refractivity contribution is 9.10. The second kappa shape index (κ2) is 6.01. The molecule has 19 heavy (non-hydrogen) atoms. The van der Waals surface area contributed by atoms with Gasteiger partial charge < -0.3 is 0 Å². The van der Waals surface area contributed by atoms with Gasteiger partial charge >= 0.3 is 0 Å². The summed E-state index contributed by atoms with van der Waals surface area (Å²) in [5, 5.41) is 9.73. The zero-order valence-electron chi connectivity index (χ0n) is 10.2. The molecule has 0 spiro atoms. The van der Waals surface area contributed by atoms with Gasteiger partial charge in [0.1, 0.15) is 6.07 Å². The van der Waals surface area contributed by atoms with Crippen LogP contribution < -0.4 is 0 Å². The molecule has 2 nitrogen and oxygen atoms in total. The Morgan fingerprint density at radius 3 is 2.68 bits per heavy atom. The molecule has 0 aliphatic rings. The van der Waals surface area contributed by atoms with Gasteiger partial charge in [-0.3, -0.25) is 4.98 Å². The van der Waals surface area contributed by atoms with E-state index in [4.69, 9.17) is 11.6 Å². The number of hydrogen-bond donors (Lipinski definition) is 0. The molecule has 4 heteroatoms. The molecule has 0 radical (unpaired) electrons. The molecule has 0 unspecified atom stereocenters. The molecule has 1 heterocycles. The molecule has 94 valence electrons. The van der Waals surface area contributed by atoms with Crippen LogP contribution in [0.25, 0.3) is 10.6 Å². The molecule has 0 bridgehead atoms. The first-order valence-corrected chi connectivity index (χ1v) is 6.77. The minimum absolute atomic E-state index is 0.422. The van der Waals surface area contributed by atoms with Gasteiger partial charge in [-0.2, -0.15) is 5.26 Å². The molecular weight excluding hydrogens is 324 g/mol. The Morgan fingerprint density at radius 2 is 2.11 bits per heavy atom. The Hall–Kier alpha value is -1.63. The minimum Gasteiger partial charge on any atom is -0.264 e. The SMILES string of the molecule is Cc1ccc(/C(Cl)=C(/C#N)c2cccnc2)cc1Br. The third-order valence-corrected chi connectivity index (χ3v) is 3.97. The zero-order valence-corrected chi connectivity index (χ0v) is 12.5. The first kappa shape index (κ1) is 13.8. The minimum atomic E-state index is 0.422. The summed E-state index contributed by atoms with van der Waals surface area (Å²) in [7, 11) is 0. The Balaban J connectivity index is 2.56. The first-order valence-electron chi connectivity index (χ1n) is 5.60. The van der Waals surface area contributed by atoms with Gasteiger partial charge in [0.05, 0.1) is 10.6 Å². The van der Waals surface area contributed by atoms with Crippen molar-refractivity contribution in [1.29, 1.82) is 5.26 Å². The number of nitrogens with zero attached hydrogens (tertiary/aromatic N) is 2. The molecule has 1 aromatic carbocycles. The summed E-state index contributed by atoms with van der Waals surface area (Å²) < 4.78 is 0.964. The molecule has 1 aromatic heterocycles. The van der Waals surface area contributed by atoms with E-state index in [2.05, 4.69) is 27.0 Å². The fourth-order valence-electron chi connectivity index (χ4n) is 1.62. The standard InChI is InChI=1S/C15H10BrClN2/c1-10-4-5-11(7-14(10)16)15(17)13(8-18)12-3-2-6-19-9-12/h2-7,9H,1H3/b15-13+. The fraction of sp³-hybridized carbons (Fsp3) is 0.0667. The van der Waals surface area contributed by atoms with Gasteiger partial charge in [-0.15, -0.1) is 0 Å². The summed E-state index contributed by atoms with van der Waals surface area (Å²) >= 11 is 9.80. The number of hydrogen-bond acceptors (Lipinski definition) is 2. The van der Waals surface area contributed by atoms with Crippen LogP contribution in [0, 0.1) is 18.3 Å². The quantitative estimate of drug-likeness (QED) is 0.741. The Bertz CT molecular complexity index is 672. The average Bonchev–Trinajstić information content (AvgIpc) is 2.44. The molecule has 2 aromatic rings. The molecule has 0 saturated carbocycles. The molecule has 2 rings (SSSR count). The monoisotopic (exact) mass is 332 g/mol. The lowest BCUT2D eigenvalue weighted by molar-refractivity contribution is 1.31. The van der Waals surface area contributed by atoms with Crippen molar-refractivity contribution < 1.29 is 0 Å². The van der Waals surface area contributed by atoms with Crippen LogP contribution in [0.3, 0.4) is 0 Å². The van der Waals surface area contributed by atoms with Crippen LogP contribution in [0.1, 0.15) is 16.7 Å². The van der Waals surface area contributed by atoms with Gasteiger partial charge in [0.25, 0.3) is 0 Å². The average molecular weight is 334 g/mol. The van der Waals surface area contributed by atoms with Crippen molar-refractivity contribution >= 4 is 38.1 Å². The van der Waals surface area contributed by atoms with E-state index in [9.17, 15) is 5.26 Å². The number of aromatic nitrogens is 1. The van der Waals surface area contributed by atoms with E-state index in [1.54, 1.807) is 18.5 Å². The highest BCUT2D eigenvalue weighted by Gasteiger charge is 2.10. The van der Waals surface area contributed by atoms with Gasteiger partial charge in [0, 0.05) is 22.4 Å². The fourth-order valence-corrected chi connectivity index (χ4v) is 2.27. The zero-order chi connectivity index (χ0) is 13.8. The van der Waals surface area contributed by atoms with Crippen LogP contribution in [-0.2, 0) is 0 Å². The largest absolute Gasteiger partial charge is 0.264 e. The third-order valence-electron chi connectivity index (χ3n) is 2.71. The highest BCUT2D eigenvalue weighted by atomic mass is 79.9. The third kappa shape index (κ3) is 3.04. The summed E-state index contributed by atoms with van der Waals surface area (Å²) in [5.74, 6) is 0. The maximum Gasteiger partial charge on any atom is 0.101 e. The Morgan fingerprint density at radius 1 is 1.32 bits per heavy atom. The smallest absolute Gasteiger partial charge is 0.101 e. The maximum absolute atomic E-state index is 9.30. The van der Waals surface area contributed by atoms with Gasteiger partial charge in [0.15, 0.2) is 0 Å². The van der Waals surface area contributed by atoms with Gasteiger partial charge in [-0.1, -0.05) is 45.7 Å². The number of aryl methyl sites for hydroxylation is 1. The van der Waals surface area contributed by atoms with Crippen molar-refractivity contribution in [1.82, 2.24) is 4.98 Å². The number of nitriles is 1. The molecule has 0 atom stereocenters. The van der Waals surface area contributed by atoms with Gasteiger partial charge in [0.2, 0.25) is 0 Å². The van der Waals surface area contributed by atoms with Crippen molar-refractivity contribution in [3.8, 4) is 6.07 Å². The van der Waals surface area contributed by atoms with Gasteiger partial charge in [-0.05, 0) is 30.2 Å². The second-order valence-corrected chi connectivity index (χ2v) is 5.24. The molecule has 0 aliphatic heterocycles. The molecular formula is C15H10BrClN2. The topological polar surface area (TPSA) is 36.7 Å². The predicted molar refractivity (Wildman–Crippen MR) is 81.4 cm³/mol. The lowest BCUT2D eigenvalue weighted by Gasteiger charge is -2.06. The van der Waals surface area contributed by atoms with Crippen LogP contribution in [0.4, 0.5) is 0 Å². The van der Waals surface area contributed by atoms with Crippen molar-refractivity contribution in [2.45, 2.75) is 6.92 Å². The van der Waals surface area contributed by atoms with Crippen LogP contribution in [0.15, 0.2) is 47.2 Å². The summed E-state index contributed by atoms with van der Waals surface area (Å²) in [6.07, 6.45) is 3.29. The Kier molecular flexibility index (Phi) is 4.36. The number of benzene rings is 1. The maximum atomic E-state index is 9.30. The first-order chi connectivity index (χ1) is 9.13. The lowest BCUT2D eigenvalue weighted by Crippen LogP contribution is -1.88. The summed E-state index contributed by atoms with van der Waals surface area (Å²) in [5.41, 5.74) is 3.06. The number of pyridine rings is 1. The summed E-state index contributed by atoms with van der Waals surface area (Å²) in [6.45, 7) is 2.00. The molecule has 0 amide bonds.